The van der Waals surface area contributed by atoms with E-state index in [0.717, 1.165) is 18.8 Å². The van der Waals surface area contributed by atoms with Gasteiger partial charge in [0.2, 0.25) is 0 Å². The molecule has 4 heteroatoms. The molecule has 0 unspecified atom stereocenters. The molecule has 2 rings (SSSR count). The van der Waals surface area contributed by atoms with Gasteiger partial charge in [-0.1, -0.05) is 6.92 Å². The van der Waals surface area contributed by atoms with Crippen molar-refractivity contribution in [2.24, 2.45) is 5.92 Å². The first-order valence-corrected chi connectivity index (χ1v) is 6.98. The monoisotopic (exact) mass is 258 g/mol. The van der Waals surface area contributed by atoms with Gasteiger partial charge < -0.3 is 16.0 Å². The van der Waals surface area contributed by atoms with Crippen LogP contribution in [0.4, 0.5) is 11.4 Å². The van der Waals surface area contributed by atoms with Gasteiger partial charge in [0.1, 0.15) is 6.07 Å². The van der Waals surface area contributed by atoms with Crippen molar-refractivity contribution in [1.82, 2.24) is 4.90 Å². The van der Waals surface area contributed by atoms with Crippen LogP contribution in [0, 0.1) is 17.2 Å². The molecular weight excluding hydrogens is 236 g/mol. The molecule has 0 aliphatic carbocycles. The average molecular weight is 258 g/mol. The fourth-order valence-electron chi connectivity index (χ4n) is 2.57. The number of hydrogen-bond donors (Lipinski definition) is 2. The molecule has 1 aromatic rings. The Hall–Kier alpha value is -1.73. The molecule has 1 aliphatic rings. The van der Waals surface area contributed by atoms with Gasteiger partial charge in [0.05, 0.1) is 11.3 Å². The van der Waals surface area contributed by atoms with Crippen molar-refractivity contribution in [3.05, 3.63) is 23.8 Å². The van der Waals surface area contributed by atoms with E-state index in [9.17, 15) is 0 Å². The molecule has 0 bridgehead atoms. The highest BCUT2D eigenvalue weighted by atomic mass is 15.1. The normalized spacial score (nSPS) is 17.1. The van der Waals surface area contributed by atoms with Crippen molar-refractivity contribution < 1.29 is 0 Å². The number of nitrogens with zero attached hydrogens (tertiary/aromatic N) is 2. The number of benzene rings is 1. The Bertz CT molecular complexity index is 456. The van der Waals surface area contributed by atoms with Gasteiger partial charge >= 0.3 is 0 Å². The van der Waals surface area contributed by atoms with Crippen LogP contribution in [-0.4, -0.2) is 31.1 Å². The molecule has 0 radical (unpaired) electrons. The molecule has 102 valence electrons. The summed E-state index contributed by atoms with van der Waals surface area (Å²) in [6, 6.07) is 7.65. The zero-order valence-corrected chi connectivity index (χ0v) is 11.5. The van der Waals surface area contributed by atoms with E-state index in [2.05, 4.69) is 23.2 Å². The number of nitrogens with two attached hydrogens (primary N) is 1. The molecule has 1 aliphatic heterocycles. The number of piperidine rings is 1. The topological polar surface area (TPSA) is 65.1 Å². The van der Waals surface area contributed by atoms with Crippen molar-refractivity contribution in [2.75, 3.05) is 37.2 Å². The van der Waals surface area contributed by atoms with Crippen LogP contribution in [0.1, 0.15) is 25.3 Å². The number of anilines is 2. The third-order valence-electron chi connectivity index (χ3n) is 3.90. The quantitative estimate of drug-likeness (QED) is 0.813. The van der Waals surface area contributed by atoms with Gasteiger partial charge in [-0.3, -0.25) is 0 Å². The first-order chi connectivity index (χ1) is 9.22. The highest BCUT2D eigenvalue weighted by molar-refractivity contribution is 5.62. The standard InChI is InChI=1S/C15H22N4/c1-2-19-7-5-12(6-8-19)11-18-15-4-3-14(17)9-13(15)10-16/h3-4,9,12,18H,2,5-8,11,17H2,1H3. The third-order valence-corrected chi connectivity index (χ3v) is 3.90. The molecule has 0 amide bonds. The first kappa shape index (κ1) is 13.7. The lowest BCUT2D eigenvalue weighted by atomic mass is 9.96. The molecule has 1 fully saturated rings. The molecule has 0 saturated carbocycles. The average Bonchev–Trinajstić information content (AvgIpc) is 2.46. The van der Waals surface area contributed by atoms with Gasteiger partial charge in [0, 0.05) is 12.2 Å². The minimum Gasteiger partial charge on any atom is -0.399 e. The van der Waals surface area contributed by atoms with Gasteiger partial charge in [-0.15, -0.1) is 0 Å². The van der Waals surface area contributed by atoms with E-state index < -0.39 is 0 Å². The fraction of sp³-hybridized carbons (Fsp3) is 0.533. The number of nitrogens with one attached hydrogen (secondary N) is 1. The first-order valence-electron chi connectivity index (χ1n) is 6.98. The summed E-state index contributed by atoms with van der Waals surface area (Å²) in [7, 11) is 0. The number of rotatable bonds is 4. The lowest BCUT2D eigenvalue weighted by Gasteiger charge is -2.31. The summed E-state index contributed by atoms with van der Waals surface area (Å²) in [5.41, 5.74) is 7.85. The summed E-state index contributed by atoms with van der Waals surface area (Å²) in [4.78, 5) is 2.49. The van der Waals surface area contributed by atoms with E-state index >= 15 is 0 Å². The van der Waals surface area contributed by atoms with Crippen molar-refractivity contribution >= 4 is 11.4 Å². The van der Waals surface area contributed by atoms with E-state index in [0.29, 0.717) is 17.2 Å². The van der Waals surface area contributed by atoms with Gasteiger partial charge in [-0.05, 0) is 56.6 Å². The summed E-state index contributed by atoms with van der Waals surface area (Å²) in [5, 5.41) is 12.5. The van der Waals surface area contributed by atoms with Crippen molar-refractivity contribution in [2.45, 2.75) is 19.8 Å². The van der Waals surface area contributed by atoms with Gasteiger partial charge in [-0.2, -0.15) is 5.26 Å². The second kappa shape index (κ2) is 6.44. The van der Waals surface area contributed by atoms with E-state index in [1.807, 2.05) is 12.1 Å². The zero-order chi connectivity index (χ0) is 13.7. The van der Waals surface area contributed by atoms with Crippen molar-refractivity contribution in [3.63, 3.8) is 0 Å². The Balaban J connectivity index is 1.88. The van der Waals surface area contributed by atoms with Crippen LogP contribution >= 0.6 is 0 Å². The van der Waals surface area contributed by atoms with Crippen LogP contribution in [0.25, 0.3) is 0 Å². The van der Waals surface area contributed by atoms with Crippen LogP contribution in [0.5, 0.6) is 0 Å². The molecule has 1 saturated heterocycles. The molecule has 19 heavy (non-hydrogen) atoms. The second-order valence-electron chi connectivity index (χ2n) is 5.18. The maximum atomic E-state index is 9.09. The van der Waals surface area contributed by atoms with Crippen LogP contribution in [-0.2, 0) is 0 Å². The number of hydrogen-bond acceptors (Lipinski definition) is 4. The maximum Gasteiger partial charge on any atom is 0.101 e. The maximum absolute atomic E-state index is 9.09. The SMILES string of the molecule is CCN1CCC(CNc2ccc(N)cc2C#N)CC1. The minimum absolute atomic E-state index is 0.631. The summed E-state index contributed by atoms with van der Waals surface area (Å²) in [6.45, 7) is 6.68. The molecule has 0 atom stereocenters. The van der Waals surface area contributed by atoms with E-state index in [-0.39, 0.29) is 0 Å². The Labute approximate surface area is 115 Å². The van der Waals surface area contributed by atoms with Crippen LogP contribution in [0.3, 0.4) is 0 Å². The van der Waals surface area contributed by atoms with Crippen LogP contribution in [0.15, 0.2) is 18.2 Å². The summed E-state index contributed by atoms with van der Waals surface area (Å²) >= 11 is 0. The van der Waals surface area contributed by atoms with E-state index in [4.69, 9.17) is 11.0 Å². The predicted octanol–water partition coefficient (Wildman–Crippen LogP) is 2.28. The van der Waals surface area contributed by atoms with Gasteiger partial charge in [0.25, 0.3) is 0 Å². The van der Waals surface area contributed by atoms with Crippen molar-refractivity contribution in [3.8, 4) is 6.07 Å². The molecule has 0 aromatic heterocycles. The number of nitrogen functional groups attached to an aromatic ring is 1. The van der Waals surface area contributed by atoms with E-state index in [1.54, 1.807) is 6.07 Å². The molecule has 1 aromatic carbocycles. The number of likely N-dealkylation sites (tertiary alicyclic amines) is 1. The number of nitriles is 1. The van der Waals surface area contributed by atoms with Gasteiger partial charge in [-0.25, -0.2) is 0 Å². The molecule has 1 heterocycles. The molecule has 3 N–H and O–H groups in total. The Morgan fingerprint density at radius 3 is 2.79 bits per heavy atom. The molecule has 0 spiro atoms. The largest absolute Gasteiger partial charge is 0.399 e. The zero-order valence-electron chi connectivity index (χ0n) is 11.5. The summed E-state index contributed by atoms with van der Waals surface area (Å²) in [6.07, 6.45) is 2.47. The Morgan fingerprint density at radius 1 is 1.42 bits per heavy atom. The third kappa shape index (κ3) is 3.62. The predicted molar refractivity (Wildman–Crippen MR) is 78.9 cm³/mol. The minimum atomic E-state index is 0.631. The highest BCUT2D eigenvalue weighted by Crippen LogP contribution is 2.21. The van der Waals surface area contributed by atoms with Crippen LogP contribution < -0.4 is 11.1 Å². The summed E-state index contributed by atoms with van der Waals surface area (Å²) < 4.78 is 0. The smallest absolute Gasteiger partial charge is 0.101 e. The van der Waals surface area contributed by atoms with E-state index in [1.165, 1.54) is 25.9 Å². The molecular formula is C15H22N4. The Kier molecular flexibility index (Phi) is 4.64. The molecule has 4 nitrogen and oxygen atoms in total. The van der Waals surface area contributed by atoms with Crippen LogP contribution in [0.2, 0.25) is 0 Å². The highest BCUT2D eigenvalue weighted by Gasteiger charge is 2.17. The Morgan fingerprint density at radius 2 is 2.16 bits per heavy atom. The van der Waals surface area contributed by atoms with Gasteiger partial charge in [0.15, 0.2) is 0 Å². The summed E-state index contributed by atoms with van der Waals surface area (Å²) in [5.74, 6) is 0.701. The lowest BCUT2D eigenvalue weighted by Crippen LogP contribution is -2.35. The fourth-order valence-corrected chi connectivity index (χ4v) is 2.57. The van der Waals surface area contributed by atoms with Crippen molar-refractivity contribution in [1.29, 1.82) is 5.26 Å². The second-order valence-corrected chi connectivity index (χ2v) is 5.18. The lowest BCUT2D eigenvalue weighted by molar-refractivity contribution is 0.198.